The second kappa shape index (κ2) is 7.38. The number of piperidine rings is 1. The number of nitrogens with one attached hydrogen (secondary N) is 1. The Bertz CT molecular complexity index is 763. The summed E-state index contributed by atoms with van der Waals surface area (Å²) in [7, 11) is 1.56. The normalized spacial score (nSPS) is 15.0. The molecule has 1 aromatic carbocycles. The Balaban J connectivity index is 1.56. The van der Waals surface area contributed by atoms with Gasteiger partial charge in [0.2, 0.25) is 0 Å². The minimum absolute atomic E-state index is 0.0197. The quantitative estimate of drug-likeness (QED) is 0.918. The van der Waals surface area contributed by atoms with Crippen LogP contribution in [0, 0.1) is 6.92 Å². The Morgan fingerprint density at radius 1 is 1.28 bits per heavy atom. The van der Waals surface area contributed by atoms with Gasteiger partial charge in [0.05, 0.1) is 12.7 Å². The lowest BCUT2D eigenvalue weighted by Crippen LogP contribution is -2.46. The van der Waals surface area contributed by atoms with E-state index in [0.29, 0.717) is 43.0 Å². The molecular formula is C18H21N3O4. The van der Waals surface area contributed by atoms with E-state index in [2.05, 4.69) is 10.5 Å². The van der Waals surface area contributed by atoms with Crippen LogP contribution < -0.4 is 10.1 Å². The molecule has 0 unspecified atom stereocenters. The van der Waals surface area contributed by atoms with E-state index in [9.17, 15) is 9.59 Å². The van der Waals surface area contributed by atoms with E-state index < -0.39 is 0 Å². The number of aryl methyl sites for hydroxylation is 1. The number of hydrogen-bond acceptors (Lipinski definition) is 5. The van der Waals surface area contributed by atoms with Crippen molar-refractivity contribution in [1.29, 1.82) is 0 Å². The number of methoxy groups -OCH3 is 1. The Labute approximate surface area is 145 Å². The molecule has 1 N–H and O–H groups in total. The largest absolute Gasteiger partial charge is 0.496 e. The summed E-state index contributed by atoms with van der Waals surface area (Å²) in [5.41, 5.74) is 0.843. The van der Waals surface area contributed by atoms with Crippen molar-refractivity contribution in [3.63, 3.8) is 0 Å². The third kappa shape index (κ3) is 3.81. The van der Waals surface area contributed by atoms with Crippen molar-refractivity contribution in [3.8, 4) is 5.75 Å². The molecule has 0 saturated carbocycles. The standard InChI is InChI=1S/C18H21N3O4/c1-12-11-15(20-25-12)17(22)19-13-7-9-21(10-8-13)18(23)14-5-3-4-6-16(14)24-2/h3-6,11,13H,7-10H2,1-2H3,(H,19,22). The monoisotopic (exact) mass is 343 g/mol. The molecule has 0 radical (unpaired) electrons. The first-order valence-corrected chi connectivity index (χ1v) is 8.25. The van der Waals surface area contributed by atoms with Gasteiger partial charge in [-0.25, -0.2) is 0 Å². The number of aromatic nitrogens is 1. The fraction of sp³-hybridized carbons (Fsp3) is 0.389. The average molecular weight is 343 g/mol. The predicted octanol–water partition coefficient (Wildman–Crippen LogP) is 2.03. The molecule has 7 heteroatoms. The van der Waals surface area contributed by atoms with Crippen molar-refractivity contribution in [2.45, 2.75) is 25.8 Å². The maximum absolute atomic E-state index is 12.7. The van der Waals surface area contributed by atoms with Crippen LogP contribution in [0.3, 0.4) is 0 Å². The van der Waals surface area contributed by atoms with E-state index in [-0.39, 0.29) is 23.6 Å². The van der Waals surface area contributed by atoms with E-state index in [0.717, 1.165) is 0 Å². The lowest BCUT2D eigenvalue weighted by atomic mass is 10.0. The van der Waals surface area contributed by atoms with Crippen LogP contribution in [-0.2, 0) is 0 Å². The Morgan fingerprint density at radius 3 is 2.64 bits per heavy atom. The van der Waals surface area contributed by atoms with Gasteiger partial charge in [-0.05, 0) is 31.9 Å². The highest BCUT2D eigenvalue weighted by Gasteiger charge is 2.26. The summed E-state index contributed by atoms with van der Waals surface area (Å²) >= 11 is 0. The van der Waals surface area contributed by atoms with Crippen molar-refractivity contribution in [2.24, 2.45) is 0 Å². The fourth-order valence-corrected chi connectivity index (χ4v) is 2.95. The zero-order chi connectivity index (χ0) is 17.8. The van der Waals surface area contributed by atoms with Gasteiger partial charge in [-0.3, -0.25) is 9.59 Å². The molecule has 0 bridgehead atoms. The highest BCUT2D eigenvalue weighted by Crippen LogP contribution is 2.21. The first-order valence-electron chi connectivity index (χ1n) is 8.25. The zero-order valence-electron chi connectivity index (χ0n) is 14.3. The Kier molecular flexibility index (Phi) is 5.02. The van der Waals surface area contributed by atoms with Crippen LogP contribution in [0.5, 0.6) is 5.75 Å². The molecule has 1 aromatic heterocycles. The summed E-state index contributed by atoms with van der Waals surface area (Å²) < 4.78 is 10.2. The minimum Gasteiger partial charge on any atom is -0.496 e. The molecular weight excluding hydrogens is 322 g/mol. The number of ether oxygens (including phenoxy) is 1. The van der Waals surface area contributed by atoms with Crippen LogP contribution in [0.1, 0.15) is 39.4 Å². The zero-order valence-corrected chi connectivity index (χ0v) is 14.3. The Morgan fingerprint density at radius 2 is 2.00 bits per heavy atom. The molecule has 1 saturated heterocycles. The van der Waals surface area contributed by atoms with Gasteiger partial charge in [0.15, 0.2) is 5.69 Å². The van der Waals surface area contributed by atoms with Crippen molar-refractivity contribution in [2.75, 3.05) is 20.2 Å². The molecule has 7 nitrogen and oxygen atoms in total. The molecule has 1 aliphatic heterocycles. The number of rotatable bonds is 4. The average Bonchev–Trinajstić information content (AvgIpc) is 3.08. The van der Waals surface area contributed by atoms with Crippen molar-refractivity contribution < 1.29 is 18.8 Å². The van der Waals surface area contributed by atoms with E-state index in [1.165, 1.54) is 0 Å². The summed E-state index contributed by atoms with van der Waals surface area (Å²) in [6, 6.07) is 8.83. The number of para-hydroxylation sites is 1. The Hall–Kier alpha value is -2.83. The second-order valence-corrected chi connectivity index (χ2v) is 6.06. The first kappa shape index (κ1) is 17.0. The van der Waals surface area contributed by atoms with E-state index in [1.54, 1.807) is 37.1 Å². The van der Waals surface area contributed by atoms with Crippen LogP contribution in [0.2, 0.25) is 0 Å². The van der Waals surface area contributed by atoms with Gasteiger partial charge in [0.1, 0.15) is 11.5 Å². The number of hydrogen-bond donors (Lipinski definition) is 1. The number of amides is 2. The highest BCUT2D eigenvalue weighted by atomic mass is 16.5. The molecule has 2 heterocycles. The summed E-state index contributed by atoms with van der Waals surface area (Å²) in [4.78, 5) is 26.6. The van der Waals surface area contributed by atoms with Crippen LogP contribution in [-0.4, -0.2) is 48.1 Å². The second-order valence-electron chi connectivity index (χ2n) is 6.06. The van der Waals surface area contributed by atoms with Gasteiger partial charge in [-0.1, -0.05) is 17.3 Å². The maximum atomic E-state index is 12.7. The van der Waals surface area contributed by atoms with Crippen LogP contribution >= 0.6 is 0 Å². The number of carbonyl (C=O) groups is 2. The number of carbonyl (C=O) groups excluding carboxylic acids is 2. The number of benzene rings is 1. The first-order chi connectivity index (χ1) is 12.1. The van der Waals surface area contributed by atoms with Crippen molar-refractivity contribution in [1.82, 2.24) is 15.4 Å². The van der Waals surface area contributed by atoms with Crippen molar-refractivity contribution >= 4 is 11.8 Å². The van der Waals surface area contributed by atoms with Gasteiger partial charge in [-0.15, -0.1) is 0 Å². The molecule has 0 aliphatic carbocycles. The minimum atomic E-state index is -0.244. The van der Waals surface area contributed by atoms with Crippen LogP contribution in [0.4, 0.5) is 0 Å². The van der Waals surface area contributed by atoms with Gasteiger partial charge >= 0.3 is 0 Å². The molecule has 0 atom stereocenters. The molecule has 1 fully saturated rings. The molecule has 132 valence electrons. The predicted molar refractivity (Wildman–Crippen MR) is 90.6 cm³/mol. The van der Waals surface area contributed by atoms with Crippen LogP contribution in [0.15, 0.2) is 34.9 Å². The van der Waals surface area contributed by atoms with E-state index >= 15 is 0 Å². The van der Waals surface area contributed by atoms with E-state index in [1.807, 2.05) is 12.1 Å². The van der Waals surface area contributed by atoms with Crippen LogP contribution in [0.25, 0.3) is 0 Å². The topological polar surface area (TPSA) is 84.7 Å². The molecule has 1 aliphatic rings. The van der Waals surface area contributed by atoms with Gasteiger partial charge in [0.25, 0.3) is 11.8 Å². The molecule has 3 rings (SSSR count). The summed E-state index contributed by atoms with van der Waals surface area (Å²) in [6.45, 7) is 2.91. The van der Waals surface area contributed by atoms with Gasteiger partial charge in [0, 0.05) is 25.2 Å². The van der Waals surface area contributed by atoms with Gasteiger partial charge < -0.3 is 19.5 Å². The van der Waals surface area contributed by atoms with E-state index in [4.69, 9.17) is 9.26 Å². The maximum Gasteiger partial charge on any atom is 0.273 e. The lowest BCUT2D eigenvalue weighted by molar-refractivity contribution is 0.0694. The third-order valence-corrected chi connectivity index (χ3v) is 4.32. The fourth-order valence-electron chi connectivity index (χ4n) is 2.95. The number of likely N-dealkylation sites (tertiary alicyclic amines) is 1. The van der Waals surface area contributed by atoms with Gasteiger partial charge in [-0.2, -0.15) is 0 Å². The smallest absolute Gasteiger partial charge is 0.273 e. The highest BCUT2D eigenvalue weighted by molar-refractivity contribution is 5.97. The molecule has 2 amide bonds. The summed E-state index contributed by atoms with van der Waals surface area (Å²) in [6.07, 6.45) is 1.40. The number of nitrogens with zero attached hydrogens (tertiary/aromatic N) is 2. The molecule has 2 aromatic rings. The summed E-state index contributed by atoms with van der Waals surface area (Å²) in [5, 5.41) is 6.66. The SMILES string of the molecule is COc1ccccc1C(=O)N1CCC(NC(=O)c2cc(C)on2)CC1. The summed E-state index contributed by atoms with van der Waals surface area (Å²) in [5.74, 6) is 0.882. The molecule has 25 heavy (non-hydrogen) atoms. The lowest BCUT2D eigenvalue weighted by Gasteiger charge is -2.32. The van der Waals surface area contributed by atoms with Crippen molar-refractivity contribution in [3.05, 3.63) is 47.3 Å². The molecule has 0 spiro atoms. The third-order valence-electron chi connectivity index (χ3n) is 4.32.